The van der Waals surface area contributed by atoms with Crippen LogP contribution < -0.4 is 11.1 Å². The van der Waals surface area contributed by atoms with Gasteiger partial charge >= 0.3 is 11.9 Å². The Morgan fingerprint density at radius 2 is 1.36 bits per heavy atom. The monoisotopic (exact) mass is 624 g/mol. The standard InChI is InChI=1S/C18H27N3O4Si.C12H13N3O3/c1-13-9-14(18(23)24-3)10-16(19-13)15-11-21(20(2)17(15)22)12-25-7-8-26(4,5)6;1-7-4-8(12(17)18-3)5-10(14-7)9-6-13-15(2)11(9)16/h9-11H,7-8,12H2,1-6H3;4-6,13H,1-3H3. The maximum absolute atomic E-state index is 12.6. The smallest absolute Gasteiger partial charge is 0.337 e. The van der Waals surface area contributed by atoms with Gasteiger partial charge in [0.25, 0.3) is 11.1 Å². The van der Waals surface area contributed by atoms with E-state index in [9.17, 15) is 19.2 Å². The second kappa shape index (κ2) is 14.3. The zero-order chi connectivity index (χ0) is 32.8. The van der Waals surface area contributed by atoms with Crippen LogP contribution in [0.4, 0.5) is 0 Å². The van der Waals surface area contributed by atoms with E-state index in [1.807, 2.05) is 0 Å². The lowest BCUT2D eigenvalue weighted by Gasteiger charge is -2.16. The zero-order valence-corrected chi connectivity index (χ0v) is 27.7. The van der Waals surface area contributed by atoms with Crippen molar-refractivity contribution >= 4 is 20.0 Å². The van der Waals surface area contributed by atoms with Gasteiger partial charge in [-0.2, -0.15) is 0 Å². The molecule has 0 saturated carbocycles. The number of hydrogen-bond acceptors (Lipinski definition) is 9. The molecule has 4 aromatic rings. The SMILES string of the molecule is COC(=O)c1cc(C)nc(-c2c[nH]n(C)c2=O)c1.COC(=O)c1cc(C)nc(-c2cn(COCC[Si](C)(C)C)n(C)c2=O)c1. The molecule has 0 aliphatic heterocycles. The number of aryl methyl sites for hydroxylation is 3. The highest BCUT2D eigenvalue weighted by molar-refractivity contribution is 6.76. The van der Waals surface area contributed by atoms with E-state index in [1.165, 1.54) is 23.6 Å². The third-order valence-corrected chi connectivity index (χ3v) is 8.35. The molecular formula is C30H40N6O7Si. The van der Waals surface area contributed by atoms with Gasteiger partial charge in [-0.15, -0.1) is 0 Å². The summed E-state index contributed by atoms with van der Waals surface area (Å²) in [4.78, 5) is 56.3. The predicted octanol–water partition coefficient (Wildman–Crippen LogP) is 3.53. The predicted molar refractivity (Wildman–Crippen MR) is 168 cm³/mol. The average molecular weight is 625 g/mol. The van der Waals surface area contributed by atoms with E-state index in [0.29, 0.717) is 58.4 Å². The number of carbonyl (C=O) groups excluding carboxylic acids is 2. The van der Waals surface area contributed by atoms with Gasteiger partial charge in [-0.3, -0.25) is 33.6 Å². The van der Waals surface area contributed by atoms with Crippen molar-refractivity contribution in [1.29, 1.82) is 0 Å². The summed E-state index contributed by atoms with van der Waals surface area (Å²) in [5, 5.41) is 2.77. The van der Waals surface area contributed by atoms with E-state index in [0.717, 1.165) is 6.04 Å². The summed E-state index contributed by atoms with van der Waals surface area (Å²) in [6, 6.07) is 7.44. The number of H-pyrrole nitrogens is 1. The van der Waals surface area contributed by atoms with Gasteiger partial charge in [-0.05, 0) is 44.2 Å². The van der Waals surface area contributed by atoms with Gasteiger partial charge < -0.3 is 19.3 Å². The van der Waals surface area contributed by atoms with Crippen LogP contribution in [0, 0.1) is 13.8 Å². The molecule has 1 N–H and O–H groups in total. The van der Waals surface area contributed by atoms with Crippen molar-refractivity contribution in [2.45, 2.75) is 46.3 Å². The van der Waals surface area contributed by atoms with E-state index in [1.54, 1.807) is 69.3 Å². The number of rotatable bonds is 9. The van der Waals surface area contributed by atoms with Crippen molar-refractivity contribution < 1.29 is 23.8 Å². The van der Waals surface area contributed by atoms with Crippen LogP contribution in [0.2, 0.25) is 25.7 Å². The number of carbonyl (C=O) groups is 2. The number of esters is 2. The van der Waals surface area contributed by atoms with Gasteiger partial charge in [0.15, 0.2) is 0 Å². The summed E-state index contributed by atoms with van der Waals surface area (Å²) in [5.41, 5.74) is 3.42. The number of pyridine rings is 2. The van der Waals surface area contributed by atoms with Crippen LogP contribution in [0.25, 0.3) is 22.5 Å². The van der Waals surface area contributed by atoms with Gasteiger partial charge in [-0.1, -0.05) is 19.6 Å². The Labute approximate surface area is 256 Å². The molecular weight excluding hydrogens is 584 g/mol. The highest BCUT2D eigenvalue weighted by Crippen LogP contribution is 2.18. The maximum Gasteiger partial charge on any atom is 0.337 e. The lowest BCUT2D eigenvalue weighted by molar-refractivity contribution is 0.0591. The molecule has 236 valence electrons. The fourth-order valence-electron chi connectivity index (χ4n) is 4.15. The minimum absolute atomic E-state index is 0.187. The highest BCUT2D eigenvalue weighted by Gasteiger charge is 2.17. The van der Waals surface area contributed by atoms with Gasteiger partial charge in [0.1, 0.15) is 6.73 Å². The Balaban J connectivity index is 0.000000257. The topological polar surface area (TPSA) is 152 Å². The van der Waals surface area contributed by atoms with Crippen molar-refractivity contribution in [2.24, 2.45) is 14.1 Å². The number of methoxy groups -OCH3 is 2. The largest absolute Gasteiger partial charge is 0.465 e. The lowest BCUT2D eigenvalue weighted by Crippen LogP contribution is -2.24. The number of aromatic nitrogens is 6. The number of nitrogens with one attached hydrogen (secondary N) is 1. The molecule has 0 aromatic carbocycles. The first kappa shape index (κ1) is 33.9. The molecule has 0 amide bonds. The molecule has 0 bridgehead atoms. The van der Waals surface area contributed by atoms with E-state index in [4.69, 9.17) is 9.47 Å². The summed E-state index contributed by atoms with van der Waals surface area (Å²) < 4.78 is 19.7. The molecule has 4 rings (SSSR count). The fraction of sp³-hybridized carbons (Fsp3) is 0.400. The molecule has 0 atom stereocenters. The van der Waals surface area contributed by atoms with Crippen LogP contribution in [-0.4, -0.2) is 70.0 Å². The van der Waals surface area contributed by atoms with Gasteiger partial charge in [0.2, 0.25) is 0 Å². The molecule has 14 heteroatoms. The summed E-state index contributed by atoms with van der Waals surface area (Å²) >= 11 is 0. The van der Waals surface area contributed by atoms with Crippen molar-refractivity contribution in [1.82, 2.24) is 29.1 Å². The van der Waals surface area contributed by atoms with Crippen LogP contribution in [0.15, 0.2) is 46.2 Å². The number of aromatic amines is 1. The molecule has 44 heavy (non-hydrogen) atoms. The normalized spacial score (nSPS) is 11.1. The third kappa shape index (κ3) is 8.51. The molecule has 0 fully saturated rings. The summed E-state index contributed by atoms with van der Waals surface area (Å²) in [7, 11) is 4.79. The second-order valence-electron chi connectivity index (χ2n) is 11.5. The van der Waals surface area contributed by atoms with Crippen molar-refractivity contribution in [3.63, 3.8) is 0 Å². The Morgan fingerprint density at radius 1 is 0.841 bits per heavy atom. The van der Waals surface area contributed by atoms with Gasteiger partial charge in [-0.25, -0.2) is 9.59 Å². The first-order chi connectivity index (χ1) is 20.6. The van der Waals surface area contributed by atoms with Crippen LogP contribution in [0.5, 0.6) is 0 Å². The van der Waals surface area contributed by atoms with Crippen LogP contribution in [-0.2, 0) is 35.0 Å². The van der Waals surface area contributed by atoms with Crippen molar-refractivity contribution in [3.05, 3.63) is 79.9 Å². The van der Waals surface area contributed by atoms with Gasteiger partial charge in [0.05, 0.1) is 47.9 Å². The van der Waals surface area contributed by atoms with Crippen LogP contribution in [0.1, 0.15) is 32.1 Å². The maximum atomic E-state index is 12.6. The summed E-state index contributed by atoms with van der Waals surface area (Å²) in [5.74, 6) is -0.906. The van der Waals surface area contributed by atoms with E-state index < -0.39 is 20.0 Å². The fourth-order valence-corrected chi connectivity index (χ4v) is 4.90. The molecule has 4 heterocycles. The Kier molecular flexibility index (Phi) is 11.0. The Hall–Kier alpha value is -4.56. The van der Waals surface area contributed by atoms with Crippen LogP contribution in [0.3, 0.4) is 0 Å². The first-order valence-electron chi connectivity index (χ1n) is 13.9. The minimum Gasteiger partial charge on any atom is -0.465 e. The van der Waals surface area contributed by atoms with Crippen LogP contribution >= 0.6 is 0 Å². The average Bonchev–Trinajstić information content (AvgIpc) is 3.46. The number of nitrogens with zero attached hydrogens (tertiary/aromatic N) is 5. The Bertz CT molecular complexity index is 1760. The molecule has 0 aliphatic carbocycles. The molecule has 13 nitrogen and oxygen atoms in total. The lowest BCUT2D eigenvalue weighted by atomic mass is 10.1. The van der Waals surface area contributed by atoms with Crippen molar-refractivity contribution in [3.8, 4) is 22.5 Å². The van der Waals surface area contributed by atoms with E-state index in [-0.39, 0.29) is 11.1 Å². The summed E-state index contributed by atoms with van der Waals surface area (Å²) in [6.07, 6.45) is 3.27. The molecule has 0 radical (unpaired) electrons. The van der Waals surface area contributed by atoms with Crippen molar-refractivity contribution in [2.75, 3.05) is 20.8 Å². The highest BCUT2D eigenvalue weighted by atomic mass is 28.3. The van der Waals surface area contributed by atoms with E-state index >= 15 is 0 Å². The minimum atomic E-state index is -1.15. The quantitative estimate of drug-likeness (QED) is 0.167. The number of hydrogen-bond donors (Lipinski definition) is 1. The molecule has 0 saturated heterocycles. The molecule has 0 unspecified atom stereocenters. The molecule has 0 aliphatic rings. The second-order valence-corrected chi connectivity index (χ2v) is 17.1. The third-order valence-electron chi connectivity index (χ3n) is 6.65. The van der Waals surface area contributed by atoms with E-state index in [2.05, 4.69) is 39.4 Å². The Morgan fingerprint density at radius 3 is 1.82 bits per heavy atom. The zero-order valence-electron chi connectivity index (χ0n) is 26.7. The number of ether oxygens (including phenoxy) is 3. The summed E-state index contributed by atoms with van der Waals surface area (Å²) in [6.45, 7) is 11.4. The van der Waals surface area contributed by atoms with Gasteiger partial charge in [0, 0.05) is 52.6 Å². The first-order valence-corrected chi connectivity index (χ1v) is 17.6. The molecule has 0 spiro atoms. The molecule has 4 aromatic heterocycles.